The molecule has 0 spiro atoms. The van der Waals surface area contributed by atoms with Crippen LogP contribution in [0.1, 0.15) is 0 Å². The first-order valence-corrected chi connectivity index (χ1v) is 0.565. The Morgan fingerprint density at radius 3 is 1.67 bits per heavy atom. The molecule has 0 aromatic carbocycles. The first-order chi connectivity index (χ1) is 1.73. The predicted octanol–water partition coefficient (Wildman–Crippen LogP) is -1.17. The van der Waals surface area contributed by atoms with E-state index in [1.54, 1.807) is 0 Å². The largest absolute Gasteiger partial charge is 0.412 e. The summed E-state index contributed by atoms with van der Waals surface area (Å²) in [6.45, 7) is 0. The average molecular weight is 260 g/mol. The van der Waals surface area contributed by atoms with Crippen LogP contribution in [-0.4, -0.2) is 15.8 Å². The van der Waals surface area contributed by atoms with Crippen molar-refractivity contribution in [3.05, 3.63) is 10.1 Å². The van der Waals surface area contributed by atoms with E-state index in [2.05, 4.69) is 0 Å². The summed E-state index contributed by atoms with van der Waals surface area (Å²) < 4.78 is 0. The van der Waals surface area contributed by atoms with Crippen molar-refractivity contribution in [1.29, 1.82) is 0 Å². The molecule has 5 nitrogen and oxygen atoms in total. The van der Waals surface area contributed by atoms with Gasteiger partial charge in [0.1, 0.15) is 0 Å². The molecule has 0 rings (SSSR count). The van der Waals surface area contributed by atoms with Crippen LogP contribution >= 0.6 is 0 Å². The van der Waals surface area contributed by atoms with Gasteiger partial charge < -0.3 is 10.7 Å². The van der Waals surface area contributed by atoms with Crippen molar-refractivity contribution in [2.45, 2.75) is 0 Å². The molecule has 0 aliphatic carbocycles. The summed E-state index contributed by atoms with van der Waals surface area (Å²) in [5, 5.41) is 13.6. The minimum atomic E-state index is -1.50. The van der Waals surface area contributed by atoms with Crippen LogP contribution in [0.15, 0.2) is 0 Å². The molecule has 0 aromatic rings. The number of hydrogen-bond donors (Lipinski definition) is 1. The maximum absolute atomic E-state index is 8.36. The molecule has 6 heavy (non-hydrogen) atoms. The van der Waals surface area contributed by atoms with Crippen molar-refractivity contribution < 1.29 is 41.6 Å². The molecule has 0 amide bonds. The Bertz CT molecular complexity index is 30.5. The Labute approximate surface area is 52.2 Å². The maximum Gasteiger partial charge on any atom is 0.291 e. The predicted molar refractivity (Wildman–Crippen MR) is 12.4 cm³/mol. The second-order valence-corrected chi connectivity index (χ2v) is 0.238. The minimum absolute atomic E-state index is 0. The van der Waals surface area contributed by atoms with Gasteiger partial charge in [0, 0.05) is 25.8 Å². The van der Waals surface area contributed by atoms with E-state index in [1.807, 2.05) is 0 Å². The quantitative estimate of drug-likeness (QED) is 0.337. The molecule has 3 N–H and O–H groups in total. The van der Waals surface area contributed by atoms with Crippen LogP contribution in [0.25, 0.3) is 0 Å². The van der Waals surface area contributed by atoms with Gasteiger partial charge in [0.25, 0.3) is 5.09 Å². The Balaban J connectivity index is -0.0000000450. The van der Waals surface area contributed by atoms with Crippen LogP contribution in [-0.2, 0) is 25.8 Å². The molecule has 0 aromatic heterocycles. The second kappa shape index (κ2) is 8.90. The topological polar surface area (TPSA) is 94.9 Å². The molecule has 36 valence electrons. The Hall–Kier alpha value is 0.0301. The molecular weight excluding hydrogens is 256 g/mol. The zero-order valence-corrected chi connectivity index (χ0v) is 6.30. The number of hydrogen-bond acceptors (Lipinski definition) is 2. The second-order valence-electron chi connectivity index (χ2n) is 0.238. The standard InChI is InChI=1S/Hf.HNO3.H2O/c;2-1(3)4;/h;(H,2,3,4);1H2. The summed E-state index contributed by atoms with van der Waals surface area (Å²) in [4.78, 5) is 8.36. The van der Waals surface area contributed by atoms with Gasteiger partial charge >= 0.3 is 0 Å². The van der Waals surface area contributed by atoms with Gasteiger partial charge in [0.15, 0.2) is 0 Å². The van der Waals surface area contributed by atoms with E-state index < -0.39 is 5.09 Å². The molecule has 0 saturated carbocycles. The first-order valence-electron chi connectivity index (χ1n) is 0.565. The monoisotopic (exact) mass is 261 g/mol. The van der Waals surface area contributed by atoms with Gasteiger partial charge in [-0.25, -0.2) is 0 Å². The van der Waals surface area contributed by atoms with Crippen LogP contribution in [0, 0.1) is 10.1 Å². The Morgan fingerprint density at radius 2 is 1.67 bits per heavy atom. The van der Waals surface area contributed by atoms with Gasteiger partial charge in [-0.1, -0.05) is 0 Å². The van der Waals surface area contributed by atoms with Gasteiger partial charge in [-0.2, -0.15) is 0 Å². The van der Waals surface area contributed by atoms with Gasteiger partial charge in [-0.05, 0) is 0 Å². The van der Waals surface area contributed by atoms with Crippen molar-refractivity contribution in [3.63, 3.8) is 0 Å². The Morgan fingerprint density at radius 1 is 1.67 bits per heavy atom. The fraction of sp³-hybridized carbons (Fsp3) is 0. The fourth-order valence-corrected chi connectivity index (χ4v) is 0. The molecule has 0 heterocycles. The summed E-state index contributed by atoms with van der Waals surface area (Å²) in [6, 6.07) is 0. The third-order valence-corrected chi connectivity index (χ3v) is 0. The van der Waals surface area contributed by atoms with E-state index in [4.69, 9.17) is 15.3 Å². The van der Waals surface area contributed by atoms with Crippen LogP contribution < -0.4 is 0 Å². The third-order valence-electron chi connectivity index (χ3n) is 0. The molecule has 0 fully saturated rings. The van der Waals surface area contributed by atoms with Crippen LogP contribution in [0.3, 0.4) is 0 Å². The first kappa shape index (κ1) is 16.6. The molecule has 0 unspecified atom stereocenters. The van der Waals surface area contributed by atoms with E-state index in [1.165, 1.54) is 0 Å². The summed E-state index contributed by atoms with van der Waals surface area (Å²) in [5.74, 6) is 0. The minimum Gasteiger partial charge on any atom is -0.412 e. The SMILES string of the molecule is O.O=[N+]([O-])O.[Hf]. The maximum atomic E-state index is 8.36. The molecule has 0 bridgehead atoms. The summed E-state index contributed by atoms with van der Waals surface area (Å²) in [6.07, 6.45) is 0. The molecule has 0 radical (unpaired) electrons. The number of nitrogens with zero attached hydrogens (tertiary/aromatic N) is 1. The van der Waals surface area contributed by atoms with Crippen molar-refractivity contribution >= 4 is 0 Å². The third kappa shape index (κ3) is 40800. The van der Waals surface area contributed by atoms with Crippen LogP contribution in [0.4, 0.5) is 0 Å². The van der Waals surface area contributed by atoms with Crippen LogP contribution in [0.5, 0.6) is 0 Å². The molecular formula is H3HfNO4. The van der Waals surface area contributed by atoms with Gasteiger partial charge in [-0.3, -0.25) is 0 Å². The Kier molecular flexibility index (Phi) is 24.6. The van der Waals surface area contributed by atoms with Crippen LogP contribution in [0.2, 0.25) is 0 Å². The summed E-state index contributed by atoms with van der Waals surface area (Å²) in [7, 11) is 0. The van der Waals surface area contributed by atoms with E-state index >= 15 is 0 Å². The van der Waals surface area contributed by atoms with Gasteiger partial charge in [0.2, 0.25) is 0 Å². The molecule has 0 atom stereocenters. The van der Waals surface area contributed by atoms with Crippen molar-refractivity contribution in [2.24, 2.45) is 0 Å². The van der Waals surface area contributed by atoms with Gasteiger partial charge in [-0.15, -0.1) is 10.1 Å². The fourth-order valence-electron chi connectivity index (χ4n) is 0. The average Bonchev–Trinajstić information content (AvgIpc) is 0.811. The zero-order valence-electron chi connectivity index (χ0n) is 2.71. The molecule has 0 aliphatic heterocycles. The van der Waals surface area contributed by atoms with Crippen molar-refractivity contribution in [1.82, 2.24) is 0 Å². The van der Waals surface area contributed by atoms with E-state index in [0.29, 0.717) is 0 Å². The van der Waals surface area contributed by atoms with Crippen molar-refractivity contribution in [2.75, 3.05) is 0 Å². The summed E-state index contributed by atoms with van der Waals surface area (Å²) in [5.41, 5.74) is 0. The van der Waals surface area contributed by atoms with E-state index in [0.717, 1.165) is 0 Å². The molecule has 0 saturated heterocycles. The molecule has 6 heteroatoms. The molecule has 0 aliphatic rings. The summed E-state index contributed by atoms with van der Waals surface area (Å²) >= 11 is 0. The van der Waals surface area contributed by atoms with Gasteiger partial charge in [0.05, 0.1) is 0 Å². The normalized spacial score (nSPS) is 4.00. The number of rotatable bonds is 0. The van der Waals surface area contributed by atoms with E-state index in [9.17, 15) is 0 Å². The van der Waals surface area contributed by atoms with E-state index in [-0.39, 0.29) is 31.3 Å². The zero-order chi connectivity index (χ0) is 3.58. The smallest absolute Gasteiger partial charge is 0.291 e. The van der Waals surface area contributed by atoms with Crippen molar-refractivity contribution in [3.8, 4) is 0 Å².